The van der Waals surface area contributed by atoms with Gasteiger partial charge >= 0.3 is 0 Å². The van der Waals surface area contributed by atoms with E-state index in [4.69, 9.17) is 1.37 Å². The predicted molar refractivity (Wildman–Crippen MR) is 46.8 cm³/mol. The molecule has 0 N–H and O–H groups in total. The smallest absolute Gasteiger partial charge is 0.132 e. The molecule has 2 heteroatoms. The lowest BCUT2D eigenvalue weighted by Gasteiger charge is -2.25. The van der Waals surface area contributed by atoms with E-state index < -0.39 is 0 Å². The second kappa shape index (κ2) is 3.83. The molecule has 1 rings (SSSR count). The van der Waals surface area contributed by atoms with Crippen LogP contribution in [-0.2, 0) is 9.59 Å². The number of hydrogen-bond acceptors (Lipinski definition) is 2. The molecule has 0 radical (unpaired) electrons. The topological polar surface area (TPSA) is 34.1 Å². The second-order valence-electron chi connectivity index (χ2n) is 3.61. The van der Waals surface area contributed by atoms with Crippen LogP contribution in [0.25, 0.3) is 0 Å². The molecule has 1 saturated carbocycles. The van der Waals surface area contributed by atoms with Crippen LogP contribution in [0.5, 0.6) is 0 Å². The van der Waals surface area contributed by atoms with Gasteiger partial charge in [0.25, 0.3) is 0 Å². The lowest BCUT2D eigenvalue weighted by molar-refractivity contribution is -0.125. The van der Waals surface area contributed by atoms with Gasteiger partial charge in [-0.3, -0.25) is 9.59 Å². The number of carbonyl (C=O) groups is 2. The monoisotopic (exact) mass is 170 g/mol. The van der Waals surface area contributed by atoms with Crippen LogP contribution in [0, 0.1) is 11.8 Å². The van der Waals surface area contributed by atoms with E-state index in [0.29, 0.717) is 19.3 Å². The summed E-state index contributed by atoms with van der Waals surface area (Å²) in [4.78, 5) is 22.2. The van der Waals surface area contributed by atoms with E-state index in [1.165, 1.54) is 0 Å². The average molecular weight is 170 g/mol. The maximum atomic E-state index is 11.1. The van der Waals surface area contributed by atoms with E-state index in [2.05, 4.69) is 0 Å². The third-order valence-corrected chi connectivity index (χ3v) is 2.62. The van der Waals surface area contributed by atoms with E-state index >= 15 is 0 Å². The van der Waals surface area contributed by atoms with Gasteiger partial charge in [-0.15, -0.1) is 0 Å². The third kappa shape index (κ3) is 2.16. The molecule has 0 saturated heterocycles. The number of ketones is 2. The molecule has 0 bridgehead atoms. The van der Waals surface area contributed by atoms with Crippen LogP contribution in [0.1, 0.15) is 40.9 Å². The summed E-state index contributed by atoms with van der Waals surface area (Å²) in [7, 11) is 0. The fourth-order valence-corrected chi connectivity index (χ4v) is 1.70. The summed E-state index contributed by atoms with van der Waals surface area (Å²) in [5, 5.41) is 0. The Morgan fingerprint density at radius 1 is 1.17 bits per heavy atom. The highest BCUT2D eigenvalue weighted by atomic mass is 16.1. The van der Waals surface area contributed by atoms with Gasteiger partial charge in [-0.2, -0.15) is 0 Å². The zero-order chi connectivity index (χ0) is 10.0. The predicted octanol–water partition coefficient (Wildman–Crippen LogP) is 1.97. The summed E-state index contributed by atoms with van der Waals surface area (Å²) in [5.74, 6) is 0.154. The van der Waals surface area contributed by atoms with Crippen molar-refractivity contribution in [3.05, 3.63) is 0 Å². The van der Waals surface area contributed by atoms with Crippen molar-refractivity contribution in [2.75, 3.05) is 0 Å². The van der Waals surface area contributed by atoms with Gasteiger partial charge in [0.2, 0.25) is 0 Å². The van der Waals surface area contributed by atoms with Crippen molar-refractivity contribution < 1.29 is 11.0 Å². The maximum absolute atomic E-state index is 11.1. The first kappa shape index (κ1) is 7.96. The Bertz CT molecular complexity index is 203. The van der Waals surface area contributed by atoms with Crippen molar-refractivity contribution in [3.63, 3.8) is 0 Å². The van der Waals surface area contributed by atoms with Gasteiger partial charge < -0.3 is 0 Å². The minimum absolute atomic E-state index is 0.0508. The molecule has 0 aromatic carbocycles. The summed E-state index contributed by atoms with van der Waals surface area (Å²) >= 11 is 0. The molecule has 0 aromatic heterocycles. The van der Waals surface area contributed by atoms with Gasteiger partial charge in [-0.1, -0.05) is 6.40 Å². The Kier molecular flexibility index (Phi) is 2.54. The van der Waals surface area contributed by atoms with Gasteiger partial charge in [-0.05, 0) is 33.1 Å². The second-order valence-corrected chi connectivity index (χ2v) is 3.61. The van der Waals surface area contributed by atoms with Crippen LogP contribution in [0.2, 0.25) is 0 Å². The summed E-state index contributed by atoms with van der Waals surface area (Å²) in [5.41, 5.74) is 0. The van der Waals surface area contributed by atoms with Crippen molar-refractivity contribution >= 4 is 11.6 Å². The molecule has 2 atom stereocenters. The van der Waals surface area contributed by atoms with Crippen molar-refractivity contribution in [1.82, 2.24) is 0 Å². The van der Waals surface area contributed by atoms with E-state index in [1.807, 2.05) is 0 Å². The molecule has 1 aliphatic carbocycles. The van der Waals surface area contributed by atoms with Crippen LogP contribution >= 0.6 is 0 Å². The number of carbonyl (C=O) groups excluding carboxylic acids is 2. The molecule has 12 heavy (non-hydrogen) atoms. The maximum Gasteiger partial charge on any atom is 0.132 e. The fourth-order valence-electron chi connectivity index (χ4n) is 1.70. The first-order valence-corrected chi connectivity index (χ1v) is 4.44. The molecule has 0 aliphatic heterocycles. The summed E-state index contributed by atoms with van der Waals surface area (Å²) in [6.07, 6.45) is 1.72. The summed E-state index contributed by atoms with van der Waals surface area (Å²) in [6.45, 7) is 3.11. The molecule has 2 nitrogen and oxygen atoms in total. The molecule has 0 heterocycles. The van der Waals surface area contributed by atoms with Crippen LogP contribution in [0.4, 0.5) is 0 Å². The number of Topliss-reactive ketones (excluding diaryl/α,β-unsaturated/α-hetero) is 2. The molecule has 2 unspecified atom stereocenters. The van der Waals surface area contributed by atoms with E-state index in [9.17, 15) is 9.59 Å². The van der Waals surface area contributed by atoms with Gasteiger partial charge in [0.15, 0.2) is 0 Å². The molecule has 1 fully saturated rings. The van der Waals surface area contributed by atoms with Crippen LogP contribution < -0.4 is 0 Å². The average Bonchev–Trinajstić information content (AvgIpc) is 2.03. The van der Waals surface area contributed by atoms with Gasteiger partial charge in [0.1, 0.15) is 11.6 Å². The van der Waals surface area contributed by atoms with Gasteiger partial charge in [-0.25, -0.2) is 0 Å². The van der Waals surface area contributed by atoms with Crippen molar-refractivity contribution in [1.29, 1.82) is 0 Å². The van der Waals surface area contributed by atoms with Crippen molar-refractivity contribution in [2.24, 2.45) is 11.8 Å². The number of hydrogen-bond donors (Lipinski definition) is 0. The minimum atomic E-state index is -0.225. The molecular weight excluding hydrogens is 152 g/mol. The lowest BCUT2D eigenvalue weighted by atomic mass is 9.78. The van der Waals surface area contributed by atoms with Crippen LogP contribution in [-0.4, -0.2) is 11.6 Å². The quantitative estimate of drug-likeness (QED) is 0.635. The SMILES string of the molecule is [3H]C1CC(C(C)=O)CC(C(C)=O)C1. The van der Waals surface area contributed by atoms with Crippen molar-refractivity contribution in [2.45, 2.75) is 39.5 Å². The summed E-state index contributed by atoms with van der Waals surface area (Å²) in [6, 6.07) is 0. The van der Waals surface area contributed by atoms with E-state index in [-0.39, 0.29) is 29.8 Å². The van der Waals surface area contributed by atoms with Crippen LogP contribution in [0.15, 0.2) is 0 Å². The van der Waals surface area contributed by atoms with Gasteiger partial charge in [0, 0.05) is 13.2 Å². The molecule has 1 aliphatic rings. The first-order chi connectivity index (χ1) is 6.00. The normalized spacial score (nSPS) is 37.2. The Labute approximate surface area is 74.7 Å². The molecule has 0 amide bonds. The Morgan fingerprint density at radius 2 is 1.58 bits per heavy atom. The zero-order valence-electron chi connectivity index (χ0n) is 8.67. The first-order valence-electron chi connectivity index (χ1n) is 5.01. The lowest BCUT2D eigenvalue weighted by Crippen LogP contribution is -2.24. The standard InChI is InChI=1S/C10H16O2/c1-7(11)9-4-3-5-10(6-9)8(2)12/h9-10H,3-6H2,1-2H3/i3T. The van der Waals surface area contributed by atoms with E-state index in [0.717, 1.165) is 0 Å². The van der Waals surface area contributed by atoms with Crippen LogP contribution in [0.3, 0.4) is 0 Å². The highest BCUT2D eigenvalue weighted by Gasteiger charge is 2.27. The minimum Gasteiger partial charge on any atom is -0.300 e. The molecular formula is C10H16O2. The summed E-state index contributed by atoms with van der Waals surface area (Å²) < 4.78 is 7.62. The Morgan fingerprint density at radius 3 is 1.92 bits per heavy atom. The number of rotatable bonds is 2. The zero-order valence-corrected chi connectivity index (χ0v) is 7.67. The third-order valence-electron chi connectivity index (χ3n) is 2.62. The van der Waals surface area contributed by atoms with Gasteiger partial charge in [0.05, 0.1) is 0 Å². The molecule has 68 valence electrons. The highest BCUT2D eigenvalue weighted by molar-refractivity contribution is 5.82. The Balaban J connectivity index is 2.62. The molecule has 0 spiro atoms. The molecule has 0 aromatic rings. The largest absolute Gasteiger partial charge is 0.300 e. The Hall–Kier alpha value is -0.660. The fraction of sp³-hybridized carbons (Fsp3) is 0.800. The van der Waals surface area contributed by atoms with E-state index in [1.54, 1.807) is 13.8 Å². The van der Waals surface area contributed by atoms with Crippen molar-refractivity contribution in [3.8, 4) is 0 Å². The highest BCUT2D eigenvalue weighted by Crippen LogP contribution is 2.29.